The monoisotopic (exact) mass is 501 g/mol. The van der Waals surface area contributed by atoms with Crippen LogP contribution in [0.4, 0.5) is 26.3 Å². The van der Waals surface area contributed by atoms with E-state index in [-0.39, 0.29) is 18.0 Å². The minimum absolute atomic E-state index is 0.0355. The maximum Gasteiger partial charge on any atom is 0.416 e. The van der Waals surface area contributed by atoms with Crippen molar-refractivity contribution in [1.82, 2.24) is 4.90 Å². The van der Waals surface area contributed by atoms with Crippen molar-refractivity contribution >= 4 is 5.97 Å². The highest BCUT2D eigenvalue weighted by molar-refractivity contribution is 5.69. The Labute approximate surface area is 200 Å². The minimum atomic E-state index is -4.54. The molecule has 9 heteroatoms. The van der Waals surface area contributed by atoms with Gasteiger partial charge in [0.15, 0.2) is 0 Å². The molecule has 1 aliphatic heterocycles. The number of carboxylic acid groups (broad SMARTS) is 1. The predicted octanol–water partition coefficient (Wildman–Crippen LogP) is 7.35. The lowest BCUT2D eigenvalue weighted by Crippen LogP contribution is -2.39. The third-order valence-corrected chi connectivity index (χ3v) is 6.86. The predicted molar refractivity (Wildman–Crippen MR) is 120 cm³/mol. The number of hydrogen-bond donors (Lipinski definition) is 1. The van der Waals surface area contributed by atoms with Crippen molar-refractivity contribution in [1.29, 1.82) is 0 Å². The van der Waals surface area contributed by atoms with Crippen molar-refractivity contribution in [2.75, 3.05) is 6.54 Å². The summed E-state index contributed by atoms with van der Waals surface area (Å²) in [4.78, 5) is 13.4. The maximum atomic E-state index is 13.8. The molecule has 0 amide bonds. The van der Waals surface area contributed by atoms with Crippen molar-refractivity contribution in [2.24, 2.45) is 11.8 Å². The van der Waals surface area contributed by atoms with Crippen LogP contribution in [0.1, 0.15) is 67.0 Å². The molecule has 0 aromatic heterocycles. The van der Waals surface area contributed by atoms with Gasteiger partial charge >= 0.3 is 18.3 Å². The first kappa shape index (κ1) is 27.0. The number of carboxylic acids is 1. The van der Waals surface area contributed by atoms with E-state index in [0.717, 1.165) is 30.2 Å². The lowest BCUT2D eigenvalue weighted by atomic mass is 9.79. The minimum Gasteiger partial charge on any atom is -0.481 e. The van der Waals surface area contributed by atoms with Gasteiger partial charge in [-0.15, -0.1) is 0 Å². The van der Waals surface area contributed by atoms with Gasteiger partial charge in [-0.25, -0.2) is 0 Å². The molecule has 3 rings (SSSR count). The van der Waals surface area contributed by atoms with Crippen LogP contribution in [0.3, 0.4) is 0 Å². The maximum absolute atomic E-state index is 13.8. The number of likely N-dealkylation sites (tertiary alicyclic amines) is 1. The molecule has 0 saturated carbocycles. The molecule has 3 nitrogen and oxygen atoms in total. The van der Waals surface area contributed by atoms with Crippen molar-refractivity contribution in [3.63, 3.8) is 0 Å². The molecular weight excluding hydrogens is 472 g/mol. The normalized spacial score (nSPS) is 20.6. The molecule has 0 spiro atoms. The van der Waals surface area contributed by atoms with Gasteiger partial charge in [0.1, 0.15) is 0 Å². The summed E-state index contributed by atoms with van der Waals surface area (Å²) in [7, 11) is 0. The first-order chi connectivity index (χ1) is 16.3. The summed E-state index contributed by atoms with van der Waals surface area (Å²) in [6.07, 6.45) is -6.84. The summed E-state index contributed by atoms with van der Waals surface area (Å²) < 4.78 is 80.5. The molecule has 2 aromatic rings. The van der Waals surface area contributed by atoms with Gasteiger partial charge in [0.2, 0.25) is 0 Å². The van der Waals surface area contributed by atoms with E-state index in [2.05, 4.69) is 0 Å². The molecule has 192 valence electrons. The number of benzene rings is 2. The van der Waals surface area contributed by atoms with E-state index in [1.54, 1.807) is 13.0 Å². The number of piperidine rings is 1. The third-order valence-electron chi connectivity index (χ3n) is 6.86. The quantitative estimate of drug-likeness (QED) is 0.403. The molecule has 0 aliphatic carbocycles. The first-order valence-corrected chi connectivity index (χ1v) is 11.6. The van der Waals surface area contributed by atoms with Gasteiger partial charge in [0.05, 0.1) is 17.0 Å². The molecular formula is C26H29F6NO2. The summed E-state index contributed by atoms with van der Waals surface area (Å²) in [6, 6.07) is 8.22. The average Bonchev–Trinajstić information content (AvgIpc) is 2.78. The highest BCUT2D eigenvalue weighted by Crippen LogP contribution is 2.41. The Morgan fingerprint density at radius 3 is 2.26 bits per heavy atom. The first-order valence-electron chi connectivity index (χ1n) is 11.6. The Hall–Kier alpha value is -2.55. The van der Waals surface area contributed by atoms with Crippen LogP contribution in [0.5, 0.6) is 0 Å². The number of halogens is 6. The summed E-state index contributed by atoms with van der Waals surface area (Å²) in [5.41, 5.74) is -0.116. The standard InChI is InChI=1S/C26H29F6NO2/c1-3-4-17-5-10-22(26(30,31)32)20(13-17)15-33-12-11-19(16(2)24(34)35)14-23(33)18-6-8-21(9-7-18)25(27,28)29/h5-10,13,16,19,23H,3-4,11-12,14-15H2,1-2H3,(H,34,35)/t16?,19-,23+/m1/s1. The Kier molecular flexibility index (Phi) is 8.19. The highest BCUT2D eigenvalue weighted by atomic mass is 19.4. The van der Waals surface area contributed by atoms with E-state index < -0.39 is 41.4 Å². The Morgan fingerprint density at radius 1 is 1.06 bits per heavy atom. The van der Waals surface area contributed by atoms with Crippen LogP contribution in [0.25, 0.3) is 0 Å². The Balaban J connectivity index is 1.98. The van der Waals surface area contributed by atoms with Crippen LogP contribution in [-0.4, -0.2) is 22.5 Å². The Morgan fingerprint density at radius 2 is 1.71 bits per heavy atom. The molecule has 1 heterocycles. The summed E-state index contributed by atoms with van der Waals surface area (Å²) in [6.45, 7) is 3.82. The van der Waals surface area contributed by atoms with Crippen LogP contribution < -0.4 is 0 Å². The molecule has 1 N–H and O–H groups in total. The molecule has 1 aliphatic rings. The number of carbonyl (C=O) groups is 1. The van der Waals surface area contributed by atoms with Gasteiger partial charge in [0, 0.05) is 12.6 Å². The lowest BCUT2D eigenvalue weighted by Gasteiger charge is -2.41. The number of hydrogen-bond acceptors (Lipinski definition) is 2. The van der Waals surface area contributed by atoms with Crippen molar-refractivity contribution in [3.8, 4) is 0 Å². The molecule has 0 radical (unpaired) electrons. The van der Waals surface area contributed by atoms with Crippen molar-refractivity contribution in [3.05, 3.63) is 70.3 Å². The van der Waals surface area contributed by atoms with Crippen molar-refractivity contribution < 1.29 is 36.2 Å². The molecule has 1 unspecified atom stereocenters. The van der Waals surface area contributed by atoms with Crippen molar-refractivity contribution in [2.45, 2.75) is 64.5 Å². The van der Waals surface area contributed by atoms with Crippen LogP contribution in [0, 0.1) is 11.8 Å². The molecule has 1 fully saturated rings. The van der Waals surface area contributed by atoms with E-state index in [9.17, 15) is 36.2 Å². The number of alkyl halides is 6. The van der Waals surface area contributed by atoms with Gasteiger partial charge < -0.3 is 5.11 Å². The summed E-state index contributed by atoms with van der Waals surface area (Å²) in [5, 5.41) is 9.46. The van der Waals surface area contributed by atoms with Crippen LogP contribution in [-0.2, 0) is 30.1 Å². The van der Waals surface area contributed by atoms with Gasteiger partial charge in [-0.2, -0.15) is 26.3 Å². The lowest BCUT2D eigenvalue weighted by molar-refractivity contribution is -0.144. The fourth-order valence-corrected chi connectivity index (χ4v) is 4.84. The summed E-state index contributed by atoms with van der Waals surface area (Å²) >= 11 is 0. The van der Waals surface area contributed by atoms with Gasteiger partial charge in [-0.05, 0) is 66.6 Å². The molecule has 1 saturated heterocycles. The topological polar surface area (TPSA) is 40.5 Å². The average molecular weight is 502 g/mol. The molecule has 35 heavy (non-hydrogen) atoms. The molecule has 0 bridgehead atoms. The smallest absolute Gasteiger partial charge is 0.416 e. The molecule has 2 aromatic carbocycles. The van der Waals surface area contributed by atoms with Crippen LogP contribution in [0.15, 0.2) is 42.5 Å². The fourth-order valence-electron chi connectivity index (χ4n) is 4.84. The number of aryl methyl sites for hydroxylation is 1. The highest BCUT2D eigenvalue weighted by Gasteiger charge is 2.38. The van der Waals surface area contributed by atoms with Gasteiger partial charge in [-0.3, -0.25) is 9.69 Å². The zero-order chi connectivity index (χ0) is 26.0. The van der Waals surface area contributed by atoms with Gasteiger partial charge in [-0.1, -0.05) is 44.5 Å². The van der Waals surface area contributed by atoms with E-state index in [1.165, 1.54) is 18.2 Å². The van der Waals surface area contributed by atoms with Crippen LogP contribution in [0.2, 0.25) is 0 Å². The zero-order valence-electron chi connectivity index (χ0n) is 19.6. The largest absolute Gasteiger partial charge is 0.481 e. The van der Waals surface area contributed by atoms with E-state index in [4.69, 9.17) is 0 Å². The second kappa shape index (κ2) is 10.6. The Bertz CT molecular complexity index is 1020. The van der Waals surface area contributed by atoms with E-state index in [1.807, 2.05) is 11.8 Å². The number of aliphatic carboxylic acids is 1. The SMILES string of the molecule is CCCc1ccc(C(F)(F)F)c(CN2CC[C@@H](C(C)C(=O)O)C[C@H]2c2ccc(C(F)(F)F)cc2)c1. The van der Waals surface area contributed by atoms with E-state index >= 15 is 0 Å². The third kappa shape index (κ3) is 6.57. The number of rotatable bonds is 7. The van der Waals surface area contributed by atoms with Crippen LogP contribution >= 0.6 is 0 Å². The fraction of sp³-hybridized carbons (Fsp3) is 0.500. The summed E-state index contributed by atoms with van der Waals surface area (Å²) in [5.74, 6) is -1.89. The number of nitrogens with zero attached hydrogens (tertiary/aromatic N) is 1. The molecule has 3 atom stereocenters. The second-order valence-corrected chi connectivity index (χ2v) is 9.26. The van der Waals surface area contributed by atoms with E-state index in [0.29, 0.717) is 31.4 Å². The zero-order valence-corrected chi connectivity index (χ0v) is 19.6. The van der Waals surface area contributed by atoms with Gasteiger partial charge in [0.25, 0.3) is 0 Å². The second-order valence-electron chi connectivity index (χ2n) is 9.26.